The van der Waals surface area contributed by atoms with E-state index >= 15 is 0 Å². The monoisotopic (exact) mass is 344 g/mol. The highest BCUT2D eigenvalue weighted by Gasteiger charge is 2.19. The molecule has 0 atom stereocenters. The maximum absolute atomic E-state index is 12.3. The first kappa shape index (κ1) is 18.3. The van der Waals surface area contributed by atoms with Gasteiger partial charge in [-0.3, -0.25) is 9.59 Å². The first-order valence-corrected chi connectivity index (χ1v) is 7.66. The van der Waals surface area contributed by atoms with E-state index in [1.54, 1.807) is 49.5 Å². The third-order valence-corrected chi connectivity index (χ3v) is 3.37. The minimum absolute atomic E-state index is 0.0260. The average Bonchev–Trinajstić information content (AvgIpc) is 2.59. The molecule has 132 valence electrons. The summed E-state index contributed by atoms with van der Waals surface area (Å²) in [6.07, 6.45) is 5.19. The number of esters is 2. The Morgan fingerprint density at radius 3 is 2.60 bits per heavy atom. The molecule has 0 radical (unpaired) electrons. The van der Waals surface area contributed by atoms with Crippen LogP contribution in [0.3, 0.4) is 0 Å². The van der Waals surface area contributed by atoms with Gasteiger partial charge in [-0.1, -0.05) is 18.2 Å². The second kappa shape index (κ2) is 8.14. The minimum atomic E-state index is -0.611. The highest BCUT2D eigenvalue weighted by molar-refractivity contribution is 5.94. The average molecular weight is 344 g/mol. The van der Waals surface area contributed by atoms with Crippen LogP contribution in [0.1, 0.15) is 17.3 Å². The predicted octanol–water partition coefficient (Wildman–Crippen LogP) is 1.57. The second-order valence-electron chi connectivity index (χ2n) is 5.63. The van der Waals surface area contributed by atoms with Crippen molar-refractivity contribution in [3.05, 3.63) is 53.8 Å². The number of likely N-dealkylation sites (N-methyl/N-ethyl adjacent to an activating group) is 1. The summed E-state index contributed by atoms with van der Waals surface area (Å²) in [7, 11) is 3.36. The van der Waals surface area contributed by atoms with E-state index in [0.29, 0.717) is 12.1 Å². The van der Waals surface area contributed by atoms with Gasteiger partial charge in [0.1, 0.15) is 11.3 Å². The molecule has 0 saturated heterocycles. The number of ether oxygens (including phenoxy) is 2. The zero-order valence-electron chi connectivity index (χ0n) is 14.4. The highest BCUT2D eigenvalue weighted by atomic mass is 16.6. The summed E-state index contributed by atoms with van der Waals surface area (Å²) in [5.41, 5.74) is 0.766. The quantitative estimate of drug-likeness (QED) is 0.596. The van der Waals surface area contributed by atoms with Crippen LogP contribution in [0.2, 0.25) is 0 Å². The van der Waals surface area contributed by atoms with Crippen LogP contribution in [-0.2, 0) is 14.3 Å². The number of hydrogen-bond acceptors (Lipinski definition) is 6. The lowest BCUT2D eigenvalue weighted by molar-refractivity contribution is -0.132. The Morgan fingerprint density at radius 2 is 1.92 bits per heavy atom. The van der Waals surface area contributed by atoms with Gasteiger partial charge in [-0.25, -0.2) is 4.79 Å². The smallest absolute Gasteiger partial charge is 0.343 e. The first-order chi connectivity index (χ1) is 11.9. The van der Waals surface area contributed by atoms with Crippen LogP contribution in [0.5, 0.6) is 5.75 Å². The Kier molecular flexibility index (Phi) is 5.94. The Balaban J connectivity index is 1.97. The fourth-order valence-electron chi connectivity index (χ4n) is 2.22. The van der Waals surface area contributed by atoms with Crippen LogP contribution in [-0.4, -0.2) is 55.0 Å². The molecule has 0 N–H and O–H groups in total. The van der Waals surface area contributed by atoms with E-state index in [-0.39, 0.29) is 24.0 Å². The number of nitrogens with zero attached hydrogens (tertiary/aromatic N) is 2. The molecule has 0 unspecified atom stereocenters. The predicted molar refractivity (Wildman–Crippen MR) is 90.7 cm³/mol. The standard InChI is InChI=1S/C18H20N2O5/c1-13(21)25-16-9-5-4-8-15(16)18(23)24-12-20-10-6-7-14(11-20)17(22)19(2)3/h4-10H,11-12H2,1-3H3. The van der Waals surface area contributed by atoms with Crippen LogP contribution in [0.4, 0.5) is 0 Å². The molecule has 1 amide bonds. The Bertz CT molecular complexity index is 737. The molecule has 0 saturated carbocycles. The van der Waals surface area contributed by atoms with Gasteiger partial charge in [-0.15, -0.1) is 0 Å². The molecule has 0 spiro atoms. The molecular formula is C18H20N2O5. The van der Waals surface area contributed by atoms with Crippen molar-refractivity contribution >= 4 is 17.8 Å². The summed E-state index contributed by atoms with van der Waals surface area (Å²) >= 11 is 0. The normalized spacial score (nSPS) is 13.1. The third kappa shape index (κ3) is 4.94. The lowest BCUT2D eigenvalue weighted by Gasteiger charge is -2.25. The van der Waals surface area contributed by atoms with E-state index in [0.717, 1.165) is 0 Å². The molecule has 0 bridgehead atoms. The van der Waals surface area contributed by atoms with Crippen LogP contribution < -0.4 is 4.74 Å². The third-order valence-electron chi connectivity index (χ3n) is 3.37. The molecule has 1 aromatic carbocycles. The number of para-hydroxylation sites is 1. The number of carbonyl (C=O) groups excluding carboxylic acids is 3. The van der Waals surface area contributed by atoms with E-state index < -0.39 is 11.9 Å². The minimum Gasteiger partial charge on any atom is -0.441 e. The lowest BCUT2D eigenvalue weighted by atomic mass is 10.1. The Labute approximate surface area is 146 Å². The van der Waals surface area contributed by atoms with Crippen molar-refractivity contribution in [3.63, 3.8) is 0 Å². The molecule has 0 fully saturated rings. The number of allylic oxidation sites excluding steroid dienone is 2. The Hall–Kier alpha value is -3.09. The molecule has 1 aliphatic rings. The zero-order valence-corrected chi connectivity index (χ0v) is 14.4. The molecule has 7 nitrogen and oxygen atoms in total. The molecule has 1 aromatic rings. The largest absolute Gasteiger partial charge is 0.441 e. The van der Waals surface area contributed by atoms with Gasteiger partial charge in [0.2, 0.25) is 0 Å². The van der Waals surface area contributed by atoms with Gasteiger partial charge >= 0.3 is 11.9 Å². The van der Waals surface area contributed by atoms with Gasteiger partial charge in [-0.05, 0) is 18.2 Å². The number of amides is 1. The van der Waals surface area contributed by atoms with Crippen molar-refractivity contribution < 1.29 is 23.9 Å². The van der Waals surface area contributed by atoms with E-state index in [2.05, 4.69) is 0 Å². The SMILES string of the molecule is CC(=O)Oc1ccccc1C(=O)OCN1C=CC=C(C(=O)N(C)C)C1. The number of hydrogen-bond donors (Lipinski definition) is 0. The first-order valence-electron chi connectivity index (χ1n) is 7.66. The van der Waals surface area contributed by atoms with Crippen LogP contribution in [0, 0.1) is 0 Å². The van der Waals surface area contributed by atoms with E-state index in [4.69, 9.17) is 9.47 Å². The van der Waals surface area contributed by atoms with Gasteiger partial charge in [0.15, 0.2) is 6.73 Å². The number of rotatable bonds is 5. The van der Waals surface area contributed by atoms with Gasteiger partial charge < -0.3 is 19.3 Å². The summed E-state index contributed by atoms with van der Waals surface area (Å²) in [5.74, 6) is -1.07. The van der Waals surface area contributed by atoms with Crippen molar-refractivity contribution in [1.29, 1.82) is 0 Å². The summed E-state index contributed by atoms with van der Waals surface area (Å²) in [6, 6.07) is 6.36. The van der Waals surface area contributed by atoms with Crippen LogP contribution in [0.15, 0.2) is 48.2 Å². The summed E-state index contributed by atoms with van der Waals surface area (Å²) in [5, 5.41) is 0. The molecule has 2 rings (SSSR count). The number of carbonyl (C=O) groups is 3. The molecule has 7 heteroatoms. The van der Waals surface area contributed by atoms with Crippen molar-refractivity contribution in [2.45, 2.75) is 6.92 Å². The molecule has 0 aliphatic carbocycles. The van der Waals surface area contributed by atoms with Gasteiger partial charge in [-0.2, -0.15) is 0 Å². The van der Waals surface area contributed by atoms with Gasteiger partial charge in [0.05, 0.1) is 6.54 Å². The molecule has 0 aromatic heterocycles. The maximum Gasteiger partial charge on any atom is 0.343 e. The molecule has 25 heavy (non-hydrogen) atoms. The molecular weight excluding hydrogens is 324 g/mol. The van der Waals surface area contributed by atoms with Crippen molar-refractivity contribution in [1.82, 2.24) is 9.80 Å². The summed E-state index contributed by atoms with van der Waals surface area (Å²) in [6.45, 7) is 1.57. The second-order valence-corrected chi connectivity index (χ2v) is 5.63. The fraction of sp³-hybridized carbons (Fsp3) is 0.278. The summed E-state index contributed by atoms with van der Waals surface area (Å²) in [4.78, 5) is 38.6. The van der Waals surface area contributed by atoms with E-state index in [1.807, 2.05) is 0 Å². The molecule has 1 aliphatic heterocycles. The zero-order chi connectivity index (χ0) is 18.4. The number of benzene rings is 1. The highest BCUT2D eigenvalue weighted by Crippen LogP contribution is 2.19. The topological polar surface area (TPSA) is 76.2 Å². The lowest BCUT2D eigenvalue weighted by Crippen LogP contribution is -2.33. The van der Waals surface area contributed by atoms with E-state index in [9.17, 15) is 14.4 Å². The van der Waals surface area contributed by atoms with Gasteiger partial charge in [0.25, 0.3) is 5.91 Å². The van der Waals surface area contributed by atoms with Gasteiger partial charge in [0, 0.05) is 32.8 Å². The molecule has 1 heterocycles. The van der Waals surface area contributed by atoms with E-state index in [1.165, 1.54) is 24.0 Å². The van der Waals surface area contributed by atoms with Crippen molar-refractivity contribution in [2.75, 3.05) is 27.4 Å². The summed E-state index contributed by atoms with van der Waals surface area (Å²) < 4.78 is 10.3. The van der Waals surface area contributed by atoms with Crippen molar-refractivity contribution in [2.24, 2.45) is 0 Å². The maximum atomic E-state index is 12.3. The van der Waals surface area contributed by atoms with Crippen LogP contribution >= 0.6 is 0 Å². The Morgan fingerprint density at radius 1 is 1.20 bits per heavy atom. The fourth-order valence-corrected chi connectivity index (χ4v) is 2.22. The van der Waals surface area contributed by atoms with Crippen LogP contribution in [0.25, 0.3) is 0 Å². The van der Waals surface area contributed by atoms with Crippen molar-refractivity contribution in [3.8, 4) is 5.75 Å².